The van der Waals surface area contributed by atoms with Gasteiger partial charge in [-0.3, -0.25) is 4.90 Å². The maximum atomic E-state index is 6.02. The fraction of sp³-hybridized carbons (Fsp3) is 0.625. The van der Waals surface area contributed by atoms with Crippen LogP contribution in [0, 0.1) is 0 Å². The van der Waals surface area contributed by atoms with E-state index in [4.69, 9.17) is 9.47 Å². The lowest BCUT2D eigenvalue weighted by Crippen LogP contribution is -2.48. The molecule has 1 heterocycles. The number of hydrogen-bond donors (Lipinski definition) is 1. The van der Waals surface area contributed by atoms with Crippen molar-refractivity contribution in [2.24, 2.45) is 0 Å². The summed E-state index contributed by atoms with van der Waals surface area (Å²) in [5.41, 5.74) is 1.18. The molecule has 112 valence electrons. The topological polar surface area (TPSA) is 33.7 Å². The van der Waals surface area contributed by atoms with Crippen LogP contribution in [-0.2, 0) is 4.74 Å². The monoisotopic (exact) mass is 278 g/mol. The van der Waals surface area contributed by atoms with Crippen LogP contribution in [0.2, 0.25) is 0 Å². The molecule has 0 spiro atoms. The summed E-state index contributed by atoms with van der Waals surface area (Å²) in [6, 6.07) is 8.37. The molecule has 4 heteroatoms. The summed E-state index contributed by atoms with van der Waals surface area (Å²) in [6.07, 6.45) is 0.167. The number of nitrogens with one attached hydrogen (secondary N) is 1. The highest BCUT2D eigenvalue weighted by Gasteiger charge is 2.29. The van der Waals surface area contributed by atoms with Gasteiger partial charge in [0.15, 0.2) is 0 Å². The summed E-state index contributed by atoms with van der Waals surface area (Å²) in [4.78, 5) is 2.44. The molecule has 2 unspecified atom stereocenters. The first-order valence-electron chi connectivity index (χ1n) is 7.50. The maximum Gasteiger partial charge on any atom is 0.123 e. The van der Waals surface area contributed by atoms with Crippen LogP contribution in [0.3, 0.4) is 0 Å². The first-order chi connectivity index (χ1) is 9.80. The van der Waals surface area contributed by atoms with Crippen molar-refractivity contribution in [3.63, 3.8) is 0 Å². The van der Waals surface area contributed by atoms with Crippen molar-refractivity contribution in [2.45, 2.75) is 26.0 Å². The Balaban J connectivity index is 2.21. The summed E-state index contributed by atoms with van der Waals surface area (Å²) in [5.74, 6) is 0.927. The van der Waals surface area contributed by atoms with Gasteiger partial charge in [0, 0.05) is 18.7 Å². The van der Waals surface area contributed by atoms with E-state index in [1.807, 2.05) is 12.1 Å². The molecule has 1 aromatic rings. The van der Waals surface area contributed by atoms with Gasteiger partial charge in [0.05, 0.1) is 25.9 Å². The minimum atomic E-state index is 0.167. The van der Waals surface area contributed by atoms with E-state index in [2.05, 4.69) is 36.2 Å². The molecule has 2 rings (SSSR count). The molecule has 1 N–H and O–H groups in total. The van der Waals surface area contributed by atoms with Crippen LogP contribution in [0.5, 0.6) is 5.75 Å². The van der Waals surface area contributed by atoms with E-state index in [0.29, 0.717) is 0 Å². The number of para-hydroxylation sites is 1. The smallest absolute Gasteiger partial charge is 0.123 e. The van der Waals surface area contributed by atoms with Gasteiger partial charge in [-0.15, -0.1) is 0 Å². The second-order valence-electron chi connectivity index (χ2n) is 5.08. The van der Waals surface area contributed by atoms with E-state index in [-0.39, 0.29) is 12.1 Å². The summed E-state index contributed by atoms with van der Waals surface area (Å²) in [7, 11) is 1.72. The molecule has 1 fully saturated rings. The molecule has 0 amide bonds. The number of likely N-dealkylation sites (N-methyl/N-ethyl adjacent to an activating group) is 2. The molecular weight excluding hydrogens is 252 g/mol. The third-order valence-electron chi connectivity index (χ3n) is 3.89. The highest BCUT2D eigenvalue weighted by molar-refractivity contribution is 5.36. The highest BCUT2D eigenvalue weighted by Crippen LogP contribution is 2.29. The molecule has 1 aliphatic rings. The van der Waals surface area contributed by atoms with Crippen LogP contribution in [0.4, 0.5) is 0 Å². The maximum absolute atomic E-state index is 6.02. The molecular formula is C16H26N2O2. The average molecular weight is 278 g/mol. The molecule has 0 aromatic heterocycles. The van der Waals surface area contributed by atoms with Gasteiger partial charge in [0.2, 0.25) is 0 Å². The van der Waals surface area contributed by atoms with Crippen LogP contribution in [0.15, 0.2) is 24.3 Å². The molecule has 0 saturated carbocycles. The van der Waals surface area contributed by atoms with Crippen molar-refractivity contribution < 1.29 is 9.47 Å². The lowest BCUT2D eigenvalue weighted by Gasteiger charge is -2.37. The molecule has 20 heavy (non-hydrogen) atoms. The predicted octanol–water partition coefficient (Wildman–Crippen LogP) is 2.07. The van der Waals surface area contributed by atoms with E-state index in [1.54, 1.807) is 7.11 Å². The van der Waals surface area contributed by atoms with Crippen molar-refractivity contribution in [1.29, 1.82) is 0 Å². The van der Waals surface area contributed by atoms with E-state index in [0.717, 1.165) is 38.5 Å². The van der Waals surface area contributed by atoms with Gasteiger partial charge >= 0.3 is 0 Å². The van der Waals surface area contributed by atoms with Crippen molar-refractivity contribution in [2.75, 3.05) is 39.9 Å². The predicted molar refractivity (Wildman–Crippen MR) is 81.3 cm³/mol. The first kappa shape index (κ1) is 15.3. The average Bonchev–Trinajstić information content (AvgIpc) is 2.52. The van der Waals surface area contributed by atoms with Crippen LogP contribution in [0.25, 0.3) is 0 Å². The Morgan fingerprint density at radius 3 is 2.90 bits per heavy atom. The quantitative estimate of drug-likeness (QED) is 0.863. The zero-order valence-corrected chi connectivity index (χ0v) is 12.8. The summed E-state index contributed by atoms with van der Waals surface area (Å²) in [5, 5.41) is 3.56. The number of hydrogen-bond acceptors (Lipinski definition) is 4. The van der Waals surface area contributed by atoms with Gasteiger partial charge in [-0.05, 0) is 19.2 Å². The number of methoxy groups -OCH3 is 1. The van der Waals surface area contributed by atoms with Gasteiger partial charge in [-0.2, -0.15) is 0 Å². The van der Waals surface area contributed by atoms with Crippen molar-refractivity contribution >= 4 is 0 Å². The molecule has 1 saturated heterocycles. The third-order valence-corrected chi connectivity index (χ3v) is 3.89. The fourth-order valence-electron chi connectivity index (χ4n) is 2.81. The number of benzene rings is 1. The SMILES string of the molecule is CCNC(c1ccccc1OC)C1CN(CC)CCO1. The Bertz CT molecular complexity index is 411. The largest absolute Gasteiger partial charge is 0.496 e. The molecule has 0 aliphatic carbocycles. The van der Waals surface area contributed by atoms with Crippen molar-refractivity contribution in [3.8, 4) is 5.75 Å². The summed E-state index contributed by atoms with van der Waals surface area (Å²) in [6.45, 7) is 9.11. The number of nitrogens with zero attached hydrogens (tertiary/aromatic N) is 1. The van der Waals surface area contributed by atoms with Crippen LogP contribution < -0.4 is 10.1 Å². The van der Waals surface area contributed by atoms with E-state index in [1.165, 1.54) is 5.56 Å². The number of ether oxygens (including phenoxy) is 2. The Hall–Kier alpha value is -1.10. The zero-order chi connectivity index (χ0) is 14.4. The van der Waals surface area contributed by atoms with Gasteiger partial charge in [0.1, 0.15) is 5.75 Å². The lowest BCUT2D eigenvalue weighted by atomic mass is 9.98. The van der Waals surface area contributed by atoms with E-state index < -0.39 is 0 Å². The first-order valence-corrected chi connectivity index (χ1v) is 7.50. The second-order valence-corrected chi connectivity index (χ2v) is 5.08. The Morgan fingerprint density at radius 1 is 1.40 bits per heavy atom. The number of rotatable bonds is 6. The highest BCUT2D eigenvalue weighted by atomic mass is 16.5. The van der Waals surface area contributed by atoms with Crippen LogP contribution >= 0.6 is 0 Å². The van der Waals surface area contributed by atoms with Crippen molar-refractivity contribution in [1.82, 2.24) is 10.2 Å². The minimum absolute atomic E-state index is 0.167. The Labute approximate surface area is 122 Å². The molecule has 2 atom stereocenters. The van der Waals surface area contributed by atoms with Gasteiger partial charge in [-0.25, -0.2) is 0 Å². The van der Waals surface area contributed by atoms with Crippen molar-refractivity contribution in [3.05, 3.63) is 29.8 Å². The summed E-state index contributed by atoms with van der Waals surface area (Å²) < 4.78 is 11.5. The second kappa shape index (κ2) is 7.62. The number of morpholine rings is 1. The normalized spacial score (nSPS) is 21.6. The molecule has 4 nitrogen and oxygen atoms in total. The Morgan fingerprint density at radius 2 is 2.20 bits per heavy atom. The van der Waals surface area contributed by atoms with Crippen LogP contribution in [0.1, 0.15) is 25.5 Å². The summed E-state index contributed by atoms with van der Waals surface area (Å²) >= 11 is 0. The fourth-order valence-corrected chi connectivity index (χ4v) is 2.81. The molecule has 1 aromatic carbocycles. The van der Waals surface area contributed by atoms with Gasteiger partial charge in [0.25, 0.3) is 0 Å². The van der Waals surface area contributed by atoms with Crippen LogP contribution in [-0.4, -0.2) is 50.9 Å². The third kappa shape index (κ3) is 3.51. The molecule has 1 aliphatic heterocycles. The van der Waals surface area contributed by atoms with Gasteiger partial charge < -0.3 is 14.8 Å². The molecule has 0 bridgehead atoms. The molecule has 0 radical (unpaired) electrons. The standard InChI is InChI=1S/C16H26N2O2/c1-4-17-16(13-8-6-7-9-14(13)19-3)15-12-18(5-2)10-11-20-15/h6-9,15-17H,4-5,10-12H2,1-3H3. The van der Waals surface area contributed by atoms with E-state index in [9.17, 15) is 0 Å². The minimum Gasteiger partial charge on any atom is -0.496 e. The Kier molecular flexibility index (Phi) is 5.83. The van der Waals surface area contributed by atoms with E-state index >= 15 is 0 Å². The lowest BCUT2D eigenvalue weighted by molar-refractivity contribution is -0.0456. The van der Waals surface area contributed by atoms with Gasteiger partial charge in [-0.1, -0.05) is 32.0 Å². The zero-order valence-electron chi connectivity index (χ0n) is 12.8.